The van der Waals surface area contributed by atoms with Crippen LogP contribution in [0, 0.1) is 11.7 Å². The Morgan fingerprint density at radius 1 is 1.10 bits per heavy atom. The first-order chi connectivity index (χ1) is 19.5. The number of hydrogen-bond acceptors (Lipinski definition) is 8. The van der Waals surface area contributed by atoms with Crippen molar-refractivity contribution in [2.24, 2.45) is 5.92 Å². The van der Waals surface area contributed by atoms with Gasteiger partial charge in [0.05, 0.1) is 24.1 Å². The molecule has 1 unspecified atom stereocenters. The second-order valence-corrected chi connectivity index (χ2v) is 11.6. The van der Waals surface area contributed by atoms with Crippen LogP contribution < -0.4 is 9.64 Å². The lowest BCUT2D eigenvalue weighted by Gasteiger charge is -2.31. The van der Waals surface area contributed by atoms with E-state index in [1.165, 1.54) is 12.8 Å². The molecule has 9 heteroatoms. The molecule has 2 aromatic heterocycles. The monoisotopic (exact) mass is 543 g/mol. The molecule has 0 saturated carbocycles. The van der Waals surface area contributed by atoms with Crippen LogP contribution in [-0.4, -0.2) is 76.5 Å². The second-order valence-electron chi connectivity index (χ2n) is 11.6. The third kappa shape index (κ3) is 4.41. The summed E-state index contributed by atoms with van der Waals surface area (Å²) in [4.78, 5) is 18.7. The summed E-state index contributed by atoms with van der Waals surface area (Å²) in [5.41, 5.74) is 0.841. The SMILES string of the molecule is CC1COCCN(c2nc(OCC34CCCN3CCC4)nc3c(F)c(-c4cc(O)cc5ccccc45)ncc23)C1. The summed E-state index contributed by atoms with van der Waals surface area (Å²) in [6.07, 6.45) is 6.18. The third-order valence-electron chi connectivity index (χ3n) is 8.77. The van der Waals surface area contributed by atoms with E-state index in [4.69, 9.17) is 14.5 Å². The van der Waals surface area contributed by atoms with Crippen molar-refractivity contribution >= 4 is 27.5 Å². The van der Waals surface area contributed by atoms with Gasteiger partial charge in [-0.05, 0) is 67.6 Å². The van der Waals surface area contributed by atoms with Gasteiger partial charge in [0.15, 0.2) is 5.82 Å². The number of ether oxygens (including phenoxy) is 2. The van der Waals surface area contributed by atoms with Crippen molar-refractivity contribution in [1.29, 1.82) is 0 Å². The standard InChI is InChI=1S/C31H34FN5O3/c1-20-17-36(12-13-39-18-20)29-25-16-33-27(24-15-22(38)14-21-6-2-3-7-23(21)24)26(32)28(25)34-30(35-29)40-19-31-8-4-10-37(31)11-5-9-31/h2-3,6-7,14-16,20,38H,4-5,8-13,17-19H2,1H3. The van der Waals surface area contributed by atoms with Crippen LogP contribution in [0.15, 0.2) is 42.6 Å². The molecule has 2 aromatic carbocycles. The zero-order valence-electron chi connectivity index (χ0n) is 22.8. The normalized spacial score (nSPS) is 21.1. The molecular formula is C31H34FN5O3. The van der Waals surface area contributed by atoms with Crippen LogP contribution in [0.5, 0.6) is 11.8 Å². The van der Waals surface area contributed by atoms with Gasteiger partial charge in [0.25, 0.3) is 0 Å². The highest BCUT2D eigenvalue weighted by atomic mass is 19.1. The zero-order chi connectivity index (χ0) is 27.3. The van der Waals surface area contributed by atoms with Crippen LogP contribution in [0.2, 0.25) is 0 Å². The van der Waals surface area contributed by atoms with E-state index in [2.05, 4.69) is 26.7 Å². The maximum Gasteiger partial charge on any atom is 0.319 e. The van der Waals surface area contributed by atoms with Gasteiger partial charge in [-0.2, -0.15) is 9.97 Å². The van der Waals surface area contributed by atoms with Crippen molar-refractivity contribution in [1.82, 2.24) is 19.9 Å². The van der Waals surface area contributed by atoms with Crippen molar-refractivity contribution in [2.75, 3.05) is 50.9 Å². The van der Waals surface area contributed by atoms with Crippen molar-refractivity contribution < 1.29 is 19.0 Å². The zero-order valence-corrected chi connectivity index (χ0v) is 22.8. The predicted molar refractivity (Wildman–Crippen MR) is 152 cm³/mol. The lowest BCUT2D eigenvalue weighted by Crippen LogP contribution is -2.43. The summed E-state index contributed by atoms with van der Waals surface area (Å²) >= 11 is 0. The van der Waals surface area contributed by atoms with E-state index in [0.717, 1.165) is 43.2 Å². The number of hydrogen-bond donors (Lipinski definition) is 1. The minimum Gasteiger partial charge on any atom is -0.508 e. The highest BCUT2D eigenvalue weighted by Crippen LogP contribution is 2.40. The van der Waals surface area contributed by atoms with Crippen LogP contribution >= 0.6 is 0 Å². The molecule has 1 atom stereocenters. The molecule has 0 bridgehead atoms. The second kappa shape index (κ2) is 10.1. The van der Waals surface area contributed by atoms with Gasteiger partial charge >= 0.3 is 6.01 Å². The highest BCUT2D eigenvalue weighted by molar-refractivity contribution is 5.99. The molecule has 0 amide bonds. The van der Waals surface area contributed by atoms with Gasteiger partial charge in [0, 0.05) is 24.8 Å². The van der Waals surface area contributed by atoms with Gasteiger partial charge in [-0.1, -0.05) is 31.2 Å². The van der Waals surface area contributed by atoms with Gasteiger partial charge in [-0.3, -0.25) is 9.88 Å². The fourth-order valence-electron chi connectivity index (χ4n) is 6.84. The Balaban J connectivity index is 1.36. The summed E-state index contributed by atoms with van der Waals surface area (Å²) in [7, 11) is 0. The number of phenolic OH excluding ortho intramolecular Hbond substituents is 1. The molecule has 3 aliphatic rings. The third-order valence-corrected chi connectivity index (χ3v) is 8.77. The molecule has 3 saturated heterocycles. The summed E-state index contributed by atoms with van der Waals surface area (Å²) < 4.78 is 28.6. The van der Waals surface area contributed by atoms with Gasteiger partial charge in [0.2, 0.25) is 0 Å². The van der Waals surface area contributed by atoms with E-state index in [0.29, 0.717) is 43.1 Å². The number of halogens is 1. The summed E-state index contributed by atoms with van der Waals surface area (Å²) in [6, 6.07) is 11.0. The van der Waals surface area contributed by atoms with E-state index in [9.17, 15) is 5.11 Å². The Morgan fingerprint density at radius 3 is 2.77 bits per heavy atom. The molecule has 0 radical (unpaired) electrons. The average molecular weight is 544 g/mol. The minimum absolute atomic E-state index is 0.0197. The lowest BCUT2D eigenvalue weighted by atomic mass is 9.95. The molecule has 3 aliphatic heterocycles. The van der Waals surface area contributed by atoms with E-state index in [-0.39, 0.29) is 34.4 Å². The number of rotatable bonds is 5. The molecule has 0 aliphatic carbocycles. The number of phenols is 1. The Morgan fingerprint density at radius 2 is 1.93 bits per heavy atom. The molecule has 3 fully saturated rings. The van der Waals surface area contributed by atoms with Gasteiger partial charge in [-0.25, -0.2) is 4.39 Å². The predicted octanol–water partition coefficient (Wildman–Crippen LogP) is 5.17. The molecule has 5 heterocycles. The Hall–Kier alpha value is -3.56. The molecule has 7 rings (SSSR count). The number of aromatic nitrogens is 3. The van der Waals surface area contributed by atoms with Crippen LogP contribution in [0.3, 0.4) is 0 Å². The number of nitrogens with zero attached hydrogens (tertiary/aromatic N) is 5. The van der Waals surface area contributed by atoms with Crippen LogP contribution in [-0.2, 0) is 4.74 Å². The molecular weight excluding hydrogens is 509 g/mol. The molecule has 4 aromatic rings. The topological polar surface area (TPSA) is 83.8 Å². The first kappa shape index (κ1) is 25.4. The van der Waals surface area contributed by atoms with E-state index in [1.54, 1.807) is 18.3 Å². The maximum absolute atomic E-state index is 16.5. The van der Waals surface area contributed by atoms with Gasteiger partial charge in [-0.15, -0.1) is 0 Å². The lowest BCUT2D eigenvalue weighted by molar-refractivity contribution is 0.108. The number of pyridine rings is 1. The van der Waals surface area contributed by atoms with Crippen molar-refractivity contribution in [2.45, 2.75) is 38.1 Å². The average Bonchev–Trinajstić information content (AvgIpc) is 3.46. The minimum atomic E-state index is -0.553. The maximum atomic E-state index is 16.5. The first-order valence-electron chi connectivity index (χ1n) is 14.3. The van der Waals surface area contributed by atoms with Crippen LogP contribution in [0.25, 0.3) is 32.9 Å². The number of anilines is 1. The Labute approximate surface area is 232 Å². The first-order valence-corrected chi connectivity index (χ1v) is 14.3. The highest BCUT2D eigenvalue weighted by Gasteiger charge is 2.45. The number of fused-ring (bicyclic) bond motifs is 3. The van der Waals surface area contributed by atoms with Crippen molar-refractivity contribution in [3.05, 3.63) is 48.4 Å². The smallest absolute Gasteiger partial charge is 0.319 e. The summed E-state index contributed by atoms with van der Waals surface area (Å²) in [5.74, 6) is 0.403. The number of benzene rings is 2. The molecule has 8 nitrogen and oxygen atoms in total. The van der Waals surface area contributed by atoms with Crippen molar-refractivity contribution in [3.63, 3.8) is 0 Å². The fraction of sp³-hybridized carbons (Fsp3) is 0.452. The fourth-order valence-corrected chi connectivity index (χ4v) is 6.84. The Kier molecular flexibility index (Phi) is 6.43. The largest absolute Gasteiger partial charge is 0.508 e. The Bertz CT molecular complexity index is 1570. The quantitative estimate of drug-likeness (QED) is 0.369. The van der Waals surface area contributed by atoms with Crippen LogP contribution in [0.4, 0.5) is 10.2 Å². The van der Waals surface area contributed by atoms with E-state index in [1.807, 2.05) is 24.3 Å². The summed E-state index contributed by atoms with van der Waals surface area (Å²) in [5, 5.41) is 12.6. The van der Waals surface area contributed by atoms with Gasteiger partial charge in [0.1, 0.15) is 29.4 Å². The van der Waals surface area contributed by atoms with Gasteiger partial charge < -0.3 is 19.5 Å². The number of aromatic hydroxyl groups is 1. The van der Waals surface area contributed by atoms with Crippen LogP contribution in [0.1, 0.15) is 32.6 Å². The van der Waals surface area contributed by atoms with Crippen molar-refractivity contribution in [3.8, 4) is 23.0 Å². The molecule has 40 heavy (non-hydrogen) atoms. The molecule has 208 valence electrons. The summed E-state index contributed by atoms with van der Waals surface area (Å²) in [6.45, 7) is 7.42. The van der Waals surface area contributed by atoms with E-state index < -0.39 is 5.82 Å². The molecule has 1 N–H and O–H groups in total. The molecule has 0 spiro atoms. The van der Waals surface area contributed by atoms with E-state index >= 15 is 4.39 Å².